The molecule has 0 atom stereocenters. The summed E-state index contributed by atoms with van der Waals surface area (Å²) in [4.78, 5) is 4.20. The number of hydrogen-bond acceptors (Lipinski definition) is 1. The highest BCUT2D eigenvalue weighted by Gasteiger charge is 2.16. The van der Waals surface area contributed by atoms with Crippen LogP contribution in [0.2, 0.25) is 0 Å². The lowest BCUT2D eigenvalue weighted by molar-refractivity contribution is 0.292. The molecular formula is C10H18N2. The molecule has 0 fully saturated rings. The second-order valence-electron chi connectivity index (χ2n) is 4.12. The zero-order valence-electron chi connectivity index (χ0n) is 8.46. The number of aryl methyl sites for hydroxylation is 1. The molecule has 0 aliphatic rings. The third-order valence-corrected chi connectivity index (χ3v) is 2.48. The summed E-state index contributed by atoms with van der Waals surface area (Å²) in [6.07, 6.45) is 5.11. The third kappa shape index (κ3) is 2.10. The summed E-state index contributed by atoms with van der Waals surface area (Å²) in [5, 5.41) is 0. The van der Waals surface area contributed by atoms with Gasteiger partial charge < -0.3 is 4.57 Å². The SMILES string of the molecule is CCC(C)(C)Cn1ccnc1C. The van der Waals surface area contributed by atoms with E-state index >= 15 is 0 Å². The Morgan fingerprint density at radius 3 is 2.58 bits per heavy atom. The van der Waals surface area contributed by atoms with Gasteiger partial charge in [0.15, 0.2) is 0 Å². The highest BCUT2D eigenvalue weighted by Crippen LogP contribution is 2.22. The Kier molecular flexibility index (Phi) is 2.55. The molecule has 0 saturated heterocycles. The molecule has 1 aromatic heterocycles. The van der Waals surface area contributed by atoms with E-state index in [2.05, 4.69) is 30.3 Å². The topological polar surface area (TPSA) is 17.8 Å². The van der Waals surface area contributed by atoms with Gasteiger partial charge in [-0.2, -0.15) is 0 Å². The van der Waals surface area contributed by atoms with Gasteiger partial charge in [-0.1, -0.05) is 20.8 Å². The number of hydrogen-bond donors (Lipinski definition) is 0. The molecule has 0 aliphatic heterocycles. The van der Waals surface area contributed by atoms with Crippen LogP contribution in [0.1, 0.15) is 33.0 Å². The second kappa shape index (κ2) is 3.30. The highest BCUT2D eigenvalue weighted by atomic mass is 15.1. The Bertz CT molecular complexity index is 248. The molecule has 12 heavy (non-hydrogen) atoms. The van der Waals surface area contributed by atoms with E-state index < -0.39 is 0 Å². The zero-order chi connectivity index (χ0) is 9.19. The Hall–Kier alpha value is -0.790. The molecule has 0 amide bonds. The van der Waals surface area contributed by atoms with Crippen LogP contribution in [0.25, 0.3) is 0 Å². The molecule has 1 heterocycles. The predicted molar refractivity (Wildman–Crippen MR) is 51.0 cm³/mol. The van der Waals surface area contributed by atoms with Crippen LogP contribution in [0, 0.1) is 12.3 Å². The first-order valence-corrected chi connectivity index (χ1v) is 4.53. The van der Waals surface area contributed by atoms with Crippen LogP contribution in [0.4, 0.5) is 0 Å². The predicted octanol–water partition coefficient (Wildman–Crippen LogP) is 2.63. The fourth-order valence-corrected chi connectivity index (χ4v) is 1.14. The van der Waals surface area contributed by atoms with Crippen molar-refractivity contribution in [1.82, 2.24) is 9.55 Å². The van der Waals surface area contributed by atoms with Gasteiger partial charge in [0.05, 0.1) is 0 Å². The van der Waals surface area contributed by atoms with E-state index in [-0.39, 0.29) is 0 Å². The minimum absolute atomic E-state index is 0.380. The highest BCUT2D eigenvalue weighted by molar-refractivity contribution is 4.90. The lowest BCUT2D eigenvalue weighted by atomic mass is 9.90. The molecule has 0 saturated carbocycles. The van der Waals surface area contributed by atoms with E-state index in [1.54, 1.807) is 0 Å². The van der Waals surface area contributed by atoms with Crippen molar-refractivity contribution in [2.24, 2.45) is 5.41 Å². The summed E-state index contributed by atoms with van der Waals surface area (Å²) >= 11 is 0. The molecule has 2 heteroatoms. The largest absolute Gasteiger partial charge is 0.335 e. The Morgan fingerprint density at radius 1 is 1.50 bits per heavy atom. The van der Waals surface area contributed by atoms with Crippen molar-refractivity contribution in [2.75, 3.05) is 0 Å². The molecule has 0 bridgehead atoms. The molecular weight excluding hydrogens is 148 g/mol. The fraction of sp³-hybridized carbons (Fsp3) is 0.700. The lowest BCUT2D eigenvalue weighted by Crippen LogP contribution is -2.18. The van der Waals surface area contributed by atoms with Crippen molar-refractivity contribution in [1.29, 1.82) is 0 Å². The average Bonchev–Trinajstić information content (AvgIpc) is 2.36. The summed E-state index contributed by atoms with van der Waals surface area (Å²) in [6.45, 7) is 9.91. The van der Waals surface area contributed by atoms with E-state index in [0.29, 0.717) is 5.41 Å². The fourth-order valence-electron chi connectivity index (χ4n) is 1.14. The van der Waals surface area contributed by atoms with Crippen molar-refractivity contribution in [3.05, 3.63) is 18.2 Å². The number of rotatable bonds is 3. The first-order valence-electron chi connectivity index (χ1n) is 4.53. The maximum atomic E-state index is 4.20. The smallest absolute Gasteiger partial charge is 0.105 e. The van der Waals surface area contributed by atoms with E-state index in [0.717, 1.165) is 12.4 Å². The number of aromatic nitrogens is 2. The number of nitrogens with zero attached hydrogens (tertiary/aromatic N) is 2. The maximum Gasteiger partial charge on any atom is 0.105 e. The van der Waals surface area contributed by atoms with Gasteiger partial charge in [-0.15, -0.1) is 0 Å². The van der Waals surface area contributed by atoms with Gasteiger partial charge in [0.2, 0.25) is 0 Å². The third-order valence-electron chi connectivity index (χ3n) is 2.48. The minimum atomic E-state index is 0.380. The quantitative estimate of drug-likeness (QED) is 0.675. The molecule has 0 spiro atoms. The van der Waals surface area contributed by atoms with Gasteiger partial charge >= 0.3 is 0 Å². The van der Waals surface area contributed by atoms with E-state index in [1.807, 2.05) is 19.3 Å². The molecule has 0 aromatic carbocycles. The average molecular weight is 166 g/mol. The Labute approximate surface area is 74.6 Å². The number of imidazole rings is 1. The van der Waals surface area contributed by atoms with Gasteiger partial charge in [0.1, 0.15) is 5.82 Å². The van der Waals surface area contributed by atoms with Crippen LogP contribution in [0.3, 0.4) is 0 Å². The van der Waals surface area contributed by atoms with Crippen molar-refractivity contribution in [3.63, 3.8) is 0 Å². The second-order valence-corrected chi connectivity index (χ2v) is 4.12. The van der Waals surface area contributed by atoms with Gasteiger partial charge in [-0.05, 0) is 18.8 Å². The lowest BCUT2D eigenvalue weighted by Gasteiger charge is -2.23. The van der Waals surface area contributed by atoms with Crippen LogP contribution in [0.15, 0.2) is 12.4 Å². The first kappa shape index (κ1) is 9.30. The normalized spacial score (nSPS) is 12.0. The van der Waals surface area contributed by atoms with Gasteiger partial charge in [-0.3, -0.25) is 0 Å². The molecule has 0 aliphatic carbocycles. The van der Waals surface area contributed by atoms with Crippen molar-refractivity contribution in [2.45, 2.75) is 40.7 Å². The standard InChI is InChI=1S/C10H18N2/c1-5-10(3,4)8-12-7-6-11-9(12)2/h6-7H,5,8H2,1-4H3. The van der Waals surface area contributed by atoms with Crippen LogP contribution in [-0.2, 0) is 6.54 Å². The molecule has 2 nitrogen and oxygen atoms in total. The molecule has 0 unspecified atom stereocenters. The van der Waals surface area contributed by atoms with Crippen LogP contribution < -0.4 is 0 Å². The van der Waals surface area contributed by atoms with Crippen molar-refractivity contribution < 1.29 is 0 Å². The van der Waals surface area contributed by atoms with E-state index in [1.165, 1.54) is 6.42 Å². The monoisotopic (exact) mass is 166 g/mol. The molecule has 1 aromatic rings. The van der Waals surface area contributed by atoms with Crippen LogP contribution >= 0.6 is 0 Å². The summed E-state index contributed by atoms with van der Waals surface area (Å²) in [7, 11) is 0. The Balaban J connectivity index is 2.70. The summed E-state index contributed by atoms with van der Waals surface area (Å²) < 4.78 is 2.21. The van der Waals surface area contributed by atoms with Crippen LogP contribution in [0.5, 0.6) is 0 Å². The van der Waals surface area contributed by atoms with E-state index in [4.69, 9.17) is 0 Å². The molecule has 0 radical (unpaired) electrons. The van der Waals surface area contributed by atoms with Gasteiger partial charge in [-0.25, -0.2) is 4.98 Å². The van der Waals surface area contributed by atoms with E-state index in [9.17, 15) is 0 Å². The summed E-state index contributed by atoms with van der Waals surface area (Å²) in [5.41, 5.74) is 0.380. The first-order chi connectivity index (χ1) is 5.55. The minimum Gasteiger partial charge on any atom is -0.335 e. The van der Waals surface area contributed by atoms with Crippen LogP contribution in [-0.4, -0.2) is 9.55 Å². The van der Waals surface area contributed by atoms with Crippen molar-refractivity contribution in [3.8, 4) is 0 Å². The van der Waals surface area contributed by atoms with Crippen molar-refractivity contribution >= 4 is 0 Å². The summed E-state index contributed by atoms with van der Waals surface area (Å²) in [6, 6.07) is 0. The molecule has 0 N–H and O–H groups in total. The van der Waals surface area contributed by atoms with Gasteiger partial charge in [0, 0.05) is 18.9 Å². The Morgan fingerprint density at radius 2 is 2.17 bits per heavy atom. The maximum absolute atomic E-state index is 4.20. The molecule has 68 valence electrons. The summed E-state index contributed by atoms with van der Waals surface area (Å²) in [5.74, 6) is 1.11. The van der Waals surface area contributed by atoms with Gasteiger partial charge in [0.25, 0.3) is 0 Å². The zero-order valence-corrected chi connectivity index (χ0v) is 8.46. The molecule has 1 rings (SSSR count).